The predicted molar refractivity (Wildman–Crippen MR) is 72.5 cm³/mol. The smallest absolute Gasteiger partial charge is 0.205 e. The summed E-state index contributed by atoms with van der Waals surface area (Å²) in [4.78, 5) is 0. The van der Waals surface area contributed by atoms with Crippen molar-refractivity contribution < 1.29 is 0 Å². The monoisotopic (exact) mass is 247 g/mol. The molecule has 2 aromatic rings. The Balaban J connectivity index is 1.95. The van der Waals surface area contributed by atoms with Crippen molar-refractivity contribution in [2.45, 2.75) is 33.2 Å². The lowest BCUT2D eigenvalue weighted by molar-refractivity contribution is 0.865. The number of hydrogen-bond acceptors (Lipinski definition) is 4. The molecule has 0 aliphatic rings. The Labute approximate surface area is 106 Å². The maximum atomic E-state index is 4.03. The van der Waals surface area contributed by atoms with E-state index in [2.05, 4.69) is 53.6 Å². The highest BCUT2D eigenvalue weighted by Crippen LogP contribution is 2.17. The average molecular weight is 247 g/mol. The number of rotatable bonds is 4. The molecule has 4 heteroatoms. The van der Waals surface area contributed by atoms with Gasteiger partial charge in [-0.15, -0.1) is 10.2 Å². The van der Waals surface area contributed by atoms with E-state index < -0.39 is 0 Å². The Morgan fingerprint density at radius 1 is 1.18 bits per heavy atom. The Morgan fingerprint density at radius 3 is 2.41 bits per heavy atom. The molecule has 0 fully saturated rings. The van der Waals surface area contributed by atoms with Crippen molar-refractivity contribution in [2.75, 3.05) is 5.32 Å². The lowest BCUT2D eigenvalue weighted by atomic mass is 10.0. The molecule has 0 amide bonds. The van der Waals surface area contributed by atoms with Gasteiger partial charge in [-0.25, -0.2) is 0 Å². The third-order valence-electron chi connectivity index (χ3n) is 2.62. The van der Waals surface area contributed by atoms with Crippen molar-refractivity contribution in [1.29, 1.82) is 0 Å². The second-order valence-electron chi connectivity index (χ2n) is 4.38. The molecule has 1 heterocycles. The van der Waals surface area contributed by atoms with E-state index in [1.807, 2.05) is 6.92 Å². The van der Waals surface area contributed by atoms with Crippen molar-refractivity contribution in [1.82, 2.24) is 10.2 Å². The van der Waals surface area contributed by atoms with E-state index >= 15 is 0 Å². The van der Waals surface area contributed by atoms with Crippen LogP contribution in [0, 0.1) is 6.92 Å². The SMILES string of the molecule is Cc1nnc(NCc2ccc(C(C)C)cc2)s1. The fraction of sp³-hybridized carbons (Fsp3) is 0.385. The molecule has 1 aromatic carbocycles. The van der Waals surface area contributed by atoms with E-state index in [1.165, 1.54) is 11.1 Å². The summed E-state index contributed by atoms with van der Waals surface area (Å²) < 4.78 is 0. The lowest BCUT2D eigenvalue weighted by Crippen LogP contribution is -1.99. The number of aryl methyl sites for hydroxylation is 1. The molecule has 0 radical (unpaired) electrons. The minimum absolute atomic E-state index is 0.586. The van der Waals surface area contributed by atoms with Gasteiger partial charge in [0.25, 0.3) is 0 Å². The van der Waals surface area contributed by atoms with Gasteiger partial charge < -0.3 is 5.32 Å². The zero-order valence-electron chi connectivity index (χ0n) is 10.4. The molecule has 0 spiro atoms. The number of benzene rings is 1. The standard InChI is InChI=1S/C13H17N3S/c1-9(2)12-6-4-11(5-7-12)8-14-13-16-15-10(3)17-13/h4-7,9H,8H2,1-3H3,(H,14,16). The third kappa shape index (κ3) is 3.27. The first-order valence-corrected chi connectivity index (χ1v) is 6.59. The first-order chi connectivity index (χ1) is 8.15. The summed E-state index contributed by atoms with van der Waals surface area (Å²) in [6.45, 7) is 7.17. The van der Waals surface area contributed by atoms with Crippen LogP contribution in [0.2, 0.25) is 0 Å². The van der Waals surface area contributed by atoms with E-state index in [4.69, 9.17) is 0 Å². The van der Waals surface area contributed by atoms with Gasteiger partial charge in [0.05, 0.1) is 0 Å². The van der Waals surface area contributed by atoms with Crippen LogP contribution in [0.15, 0.2) is 24.3 Å². The quantitative estimate of drug-likeness (QED) is 0.897. The Morgan fingerprint density at radius 2 is 1.88 bits per heavy atom. The van der Waals surface area contributed by atoms with Gasteiger partial charge in [-0.1, -0.05) is 49.4 Å². The maximum absolute atomic E-state index is 4.03. The molecule has 0 unspecified atom stereocenters. The molecule has 0 aliphatic carbocycles. The molecule has 0 aliphatic heterocycles. The molecule has 0 bridgehead atoms. The molecule has 3 nitrogen and oxygen atoms in total. The van der Waals surface area contributed by atoms with Crippen LogP contribution in [0.1, 0.15) is 35.9 Å². The first kappa shape index (κ1) is 12.0. The fourth-order valence-corrected chi connectivity index (χ4v) is 2.15. The summed E-state index contributed by atoms with van der Waals surface area (Å²) in [7, 11) is 0. The van der Waals surface area contributed by atoms with E-state index in [-0.39, 0.29) is 0 Å². The highest BCUT2D eigenvalue weighted by molar-refractivity contribution is 7.15. The average Bonchev–Trinajstić information content (AvgIpc) is 2.73. The molecule has 0 atom stereocenters. The van der Waals surface area contributed by atoms with Crippen LogP contribution in [0.3, 0.4) is 0 Å². The van der Waals surface area contributed by atoms with Gasteiger partial charge >= 0.3 is 0 Å². The summed E-state index contributed by atoms with van der Waals surface area (Å²) in [6.07, 6.45) is 0. The van der Waals surface area contributed by atoms with Crippen LogP contribution in [-0.2, 0) is 6.54 Å². The predicted octanol–water partition coefficient (Wildman–Crippen LogP) is 3.58. The van der Waals surface area contributed by atoms with Gasteiger partial charge in [0.1, 0.15) is 5.01 Å². The molecule has 90 valence electrons. The molecule has 1 aromatic heterocycles. The van der Waals surface area contributed by atoms with E-state index in [1.54, 1.807) is 11.3 Å². The highest BCUT2D eigenvalue weighted by atomic mass is 32.1. The van der Waals surface area contributed by atoms with Crippen LogP contribution in [0.4, 0.5) is 5.13 Å². The molecule has 17 heavy (non-hydrogen) atoms. The minimum Gasteiger partial charge on any atom is -0.356 e. The molecule has 0 saturated carbocycles. The second kappa shape index (κ2) is 5.27. The highest BCUT2D eigenvalue weighted by Gasteiger charge is 2.01. The first-order valence-electron chi connectivity index (χ1n) is 5.78. The van der Waals surface area contributed by atoms with E-state index in [0.29, 0.717) is 5.92 Å². The number of aromatic nitrogens is 2. The van der Waals surface area contributed by atoms with Crippen molar-refractivity contribution >= 4 is 16.5 Å². The number of anilines is 1. The zero-order chi connectivity index (χ0) is 12.3. The van der Waals surface area contributed by atoms with Crippen LogP contribution < -0.4 is 5.32 Å². The molecule has 0 saturated heterocycles. The topological polar surface area (TPSA) is 37.8 Å². The number of nitrogens with one attached hydrogen (secondary N) is 1. The van der Waals surface area contributed by atoms with Crippen LogP contribution in [0.5, 0.6) is 0 Å². The molecular formula is C13H17N3S. The van der Waals surface area contributed by atoms with Crippen molar-refractivity contribution in [3.63, 3.8) is 0 Å². The normalized spacial score (nSPS) is 10.8. The van der Waals surface area contributed by atoms with Crippen LogP contribution >= 0.6 is 11.3 Å². The Bertz CT molecular complexity index is 474. The van der Waals surface area contributed by atoms with Crippen molar-refractivity contribution in [2.24, 2.45) is 0 Å². The summed E-state index contributed by atoms with van der Waals surface area (Å²) in [5.74, 6) is 0.586. The molecule has 2 rings (SSSR count). The van der Waals surface area contributed by atoms with Gasteiger partial charge in [0.2, 0.25) is 5.13 Å². The maximum Gasteiger partial charge on any atom is 0.205 e. The lowest BCUT2D eigenvalue weighted by Gasteiger charge is -2.07. The van der Waals surface area contributed by atoms with Gasteiger partial charge in [-0.2, -0.15) is 0 Å². The zero-order valence-corrected chi connectivity index (χ0v) is 11.2. The summed E-state index contributed by atoms with van der Waals surface area (Å²) in [6, 6.07) is 8.70. The largest absolute Gasteiger partial charge is 0.356 e. The summed E-state index contributed by atoms with van der Waals surface area (Å²) in [5.41, 5.74) is 2.64. The van der Waals surface area contributed by atoms with Gasteiger partial charge in [0.15, 0.2) is 0 Å². The summed E-state index contributed by atoms with van der Waals surface area (Å²) >= 11 is 1.58. The number of nitrogens with zero attached hydrogens (tertiary/aromatic N) is 2. The van der Waals surface area contributed by atoms with Gasteiger partial charge in [-0.05, 0) is 24.0 Å². The van der Waals surface area contributed by atoms with Gasteiger partial charge in [-0.3, -0.25) is 0 Å². The van der Waals surface area contributed by atoms with E-state index in [0.717, 1.165) is 16.7 Å². The van der Waals surface area contributed by atoms with Crippen molar-refractivity contribution in [3.05, 3.63) is 40.4 Å². The summed E-state index contributed by atoms with van der Waals surface area (Å²) in [5, 5.41) is 13.2. The van der Waals surface area contributed by atoms with Crippen LogP contribution in [-0.4, -0.2) is 10.2 Å². The van der Waals surface area contributed by atoms with Crippen molar-refractivity contribution in [3.8, 4) is 0 Å². The van der Waals surface area contributed by atoms with E-state index in [9.17, 15) is 0 Å². The van der Waals surface area contributed by atoms with Crippen LogP contribution in [0.25, 0.3) is 0 Å². The minimum atomic E-state index is 0.586. The fourth-order valence-electron chi connectivity index (χ4n) is 1.57. The Hall–Kier alpha value is -1.42. The van der Waals surface area contributed by atoms with Gasteiger partial charge in [0, 0.05) is 6.54 Å². The molecular weight excluding hydrogens is 230 g/mol. The third-order valence-corrected chi connectivity index (χ3v) is 3.41. The second-order valence-corrected chi connectivity index (χ2v) is 5.56. The number of hydrogen-bond donors (Lipinski definition) is 1. The Kier molecular flexibility index (Phi) is 3.74. The molecule has 1 N–H and O–H groups in total.